The van der Waals surface area contributed by atoms with Crippen molar-refractivity contribution in [1.29, 1.82) is 0 Å². The van der Waals surface area contributed by atoms with Crippen LogP contribution in [-0.2, 0) is 12.8 Å². The van der Waals surface area contributed by atoms with Gasteiger partial charge < -0.3 is 9.15 Å². The van der Waals surface area contributed by atoms with Crippen LogP contribution in [0.5, 0.6) is 5.75 Å². The maximum atomic E-state index is 13.7. The molecule has 31 heavy (non-hydrogen) atoms. The molecule has 1 heterocycles. The van der Waals surface area contributed by atoms with Crippen molar-refractivity contribution in [3.05, 3.63) is 99.1 Å². The Labute approximate surface area is 178 Å². The van der Waals surface area contributed by atoms with Crippen molar-refractivity contribution in [2.45, 2.75) is 12.8 Å². The molecule has 4 rings (SSSR count). The van der Waals surface area contributed by atoms with Gasteiger partial charge in [0.2, 0.25) is 11.2 Å². The lowest BCUT2D eigenvalue weighted by molar-refractivity contribution is -0.152. The molecule has 0 amide bonds. The number of alkyl halides is 3. The molecular formula is C23H13ClF4O3. The quantitative estimate of drug-likeness (QED) is 0.320. The van der Waals surface area contributed by atoms with E-state index >= 15 is 0 Å². The Balaban J connectivity index is 1.80. The maximum absolute atomic E-state index is 13.7. The van der Waals surface area contributed by atoms with E-state index in [0.29, 0.717) is 5.56 Å². The van der Waals surface area contributed by atoms with Crippen LogP contribution in [0.4, 0.5) is 17.6 Å². The SMILES string of the molecule is O=c1c(-c2ccccc2Cl)c(C(F)(F)F)oc2cc(OCc3ccc(F)cc3)ccc12. The van der Waals surface area contributed by atoms with Crippen molar-refractivity contribution in [3.8, 4) is 16.9 Å². The van der Waals surface area contributed by atoms with Crippen molar-refractivity contribution in [2.75, 3.05) is 0 Å². The van der Waals surface area contributed by atoms with E-state index in [1.165, 1.54) is 60.7 Å². The summed E-state index contributed by atoms with van der Waals surface area (Å²) in [6.45, 7) is 0.0554. The van der Waals surface area contributed by atoms with E-state index in [9.17, 15) is 22.4 Å². The molecule has 0 saturated carbocycles. The molecule has 0 unspecified atom stereocenters. The topological polar surface area (TPSA) is 39.4 Å². The monoisotopic (exact) mass is 448 g/mol. The molecule has 3 nitrogen and oxygen atoms in total. The first-order valence-corrected chi connectivity index (χ1v) is 9.42. The van der Waals surface area contributed by atoms with E-state index < -0.39 is 28.7 Å². The molecule has 0 radical (unpaired) electrons. The smallest absolute Gasteiger partial charge is 0.450 e. The van der Waals surface area contributed by atoms with Crippen molar-refractivity contribution in [3.63, 3.8) is 0 Å². The van der Waals surface area contributed by atoms with Crippen LogP contribution in [0.15, 0.2) is 75.9 Å². The molecule has 0 spiro atoms. The number of hydrogen-bond acceptors (Lipinski definition) is 3. The highest BCUT2D eigenvalue weighted by atomic mass is 35.5. The Bertz CT molecular complexity index is 1310. The van der Waals surface area contributed by atoms with Gasteiger partial charge in [0, 0.05) is 16.7 Å². The van der Waals surface area contributed by atoms with Crippen LogP contribution in [0, 0.1) is 5.82 Å². The summed E-state index contributed by atoms with van der Waals surface area (Å²) < 4.78 is 64.9. The Morgan fingerprint density at radius 2 is 1.68 bits per heavy atom. The summed E-state index contributed by atoms with van der Waals surface area (Å²) in [4.78, 5) is 13.0. The molecule has 8 heteroatoms. The van der Waals surface area contributed by atoms with E-state index in [-0.39, 0.29) is 33.9 Å². The third-order valence-corrected chi connectivity index (χ3v) is 4.91. The number of benzene rings is 3. The van der Waals surface area contributed by atoms with Crippen LogP contribution in [0.25, 0.3) is 22.1 Å². The minimum atomic E-state index is -4.92. The summed E-state index contributed by atoms with van der Waals surface area (Å²) in [5.74, 6) is -1.64. The van der Waals surface area contributed by atoms with Gasteiger partial charge in [-0.3, -0.25) is 4.79 Å². The number of hydrogen-bond donors (Lipinski definition) is 0. The zero-order valence-electron chi connectivity index (χ0n) is 15.7. The largest absolute Gasteiger partial charge is 0.489 e. The molecule has 3 aromatic carbocycles. The molecule has 0 aliphatic carbocycles. The maximum Gasteiger partial charge on any atom is 0.450 e. The third-order valence-electron chi connectivity index (χ3n) is 4.58. The van der Waals surface area contributed by atoms with E-state index in [1.54, 1.807) is 6.07 Å². The van der Waals surface area contributed by atoms with E-state index in [2.05, 4.69) is 0 Å². The molecule has 0 bridgehead atoms. The summed E-state index contributed by atoms with van der Waals surface area (Å²) >= 11 is 6.05. The summed E-state index contributed by atoms with van der Waals surface area (Å²) in [6, 6.07) is 15.3. The van der Waals surface area contributed by atoms with Gasteiger partial charge in [0.15, 0.2) is 0 Å². The van der Waals surface area contributed by atoms with Crippen molar-refractivity contribution < 1.29 is 26.7 Å². The Morgan fingerprint density at radius 3 is 2.35 bits per heavy atom. The van der Waals surface area contributed by atoms with E-state index in [1.807, 2.05) is 0 Å². The van der Waals surface area contributed by atoms with Gasteiger partial charge in [-0.05, 0) is 35.9 Å². The lowest BCUT2D eigenvalue weighted by atomic mass is 10.0. The van der Waals surface area contributed by atoms with Gasteiger partial charge in [0.25, 0.3) is 0 Å². The molecule has 0 aliphatic heterocycles. The minimum absolute atomic E-state index is 0.00102. The van der Waals surface area contributed by atoms with Crippen LogP contribution in [-0.4, -0.2) is 0 Å². The molecule has 0 aliphatic rings. The predicted octanol–water partition coefficient (Wildman–Crippen LogP) is 6.85. The second-order valence-corrected chi connectivity index (χ2v) is 7.09. The fourth-order valence-corrected chi connectivity index (χ4v) is 3.35. The van der Waals surface area contributed by atoms with Gasteiger partial charge in [-0.15, -0.1) is 0 Å². The Morgan fingerprint density at radius 1 is 0.968 bits per heavy atom. The summed E-state index contributed by atoms with van der Waals surface area (Å²) in [6.07, 6.45) is -4.92. The van der Waals surface area contributed by atoms with Gasteiger partial charge >= 0.3 is 6.18 Å². The molecule has 0 N–H and O–H groups in total. The fraction of sp³-hybridized carbons (Fsp3) is 0.0870. The second kappa shape index (κ2) is 8.07. The van der Waals surface area contributed by atoms with Crippen LogP contribution < -0.4 is 10.2 Å². The highest BCUT2D eigenvalue weighted by molar-refractivity contribution is 6.33. The Kier molecular flexibility index (Phi) is 5.45. The van der Waals surface area contributed by atoms with Crippen molar-refractivity contribution in [1.82, 2.24) is 0 Å². The number of ether oxygens (including phenoxy) is 1. The summed E-state index contributed by atoms with van der Waals surface area (Å²) in [5.41, 5.74) is -1.18. The first-order chi connectivity index (χ1) is 14.7. The van der Waals surface area contributed by atoms with Crippen molar-refractivity contribution >= 4 is 22.6 Å². The zero-order chi connectivity index (χ0) is 22.2. The molecule has 1 aromatic heterocycles. The Hall–Kier alpha value is -3.32. The minimum Gasteiger partial charge on any atom is -0.489 e. The standard InChI is InChI=1S/C23H13ClF4O3/c24-18-4-2-1-3-16(18)20-21(29)17-10-9-15(11-19(17)31-22(20)23(26,27)28)30-12-13-5-7-14(25)8-6-13/h1-11H,12H2. The average Bonchev–Trinajstić information content (AvgIpc) is 2.73. The van der Waals surface area contributed by atoms with Crippen LogP contribution in [0.3, 0.4) is 0 Å². The van der Waals surface area contributed by atoms with E-state index in [0.717, 1.165) is 0 Å². The molecule has 4 aromatic rings. The zero-order valence-corrected chi connectivity index (χ0v) is 16.4. The van der Waals surface area contributed by atoms with Crippen LogP contribution in [0.2, 0.25) is 5.02 Å². The molecular weight excluding hydrogens is 436 g/mol. The van der Waals surface area contributed by atoms with Crippen molar-refractivity contribution in [2.24, 2.45) is 0 Å². The average molecular weight is 449 g/mol. The fourth-order valence-electron chi connectivity index (χ4n) is 3.12. The van der Waals surface area contributed by atoms with Gasteiger partial charge in [0.1, 0.15) is 23.8 Å². The second-order valence-electron chi connectivity index (χ2n) is 6.69. The summed E-state index contributed by atoms with van der Waals surface area (Å²) in [7, 11) is 0. The number of fused-ring (bicyclic) bond motifs is 1. The first kappa shape index (κ1) is 20.9. The first-order valence-electron chi connectivity index (χ1n) is 9.04. The van der Waals surface area contributed by atoms with Gasteiger partial charge in [-0.25, -0.2) is 4.39 Å². The lowest BCUT2D eigenvalue weighted by Crippen LogP contribution is -2.16. The predicted molar refractivity (Wildman–Crippen MR) is 109 cm³/mol. The molecule has 158 valence electrons. The number of rotatable bonds is 4. The lowest BCUT2D eigenvalue weighted by Gasteiger charge is -2.14. The normalized spacial score (nSPS) is 11.6. The van der Waals surface area contributed by atoms with Gasteiger partial charge in [0.05, 0.1) is 10.9 Å². The number of halogens is 5. The van der Waals surface area contributed by atoms with Gasteiger partial charge in [-0.1, -0.05) is 41.9 Å². The highest BCUT2D eigenvalue weighted by Gasteiger charge is 2.39. The molecule has 0 fully saturated rings. The van der Waals surface area contributed by atoms with Gasteiger partial charge in [-0.2, -0.15) is 13.2 Å². The summed E-state index contributed by atoms with van der Waals surface area (Å²) in [5, 5.41) is -0.0454. The molecule has 0 atom stereocenters. The van der Waals surface area contributed by atoms with Crippen LogP contribution in [0.1, 0.15) is 11.3 Å². The van der Waals surface area contributed by atoms with Crippen LogP contribution >= 0.6 is 11.6 Å². The third kappa shape index (κ3) is 4.27. The molecule has 0 saturated heterocycles. The highest BCUT2D eigenvalue weighted by Crippen LogP contribution is 2.39. The van der Waals surface area contributed by atoms with E-state index in [4.69, 9.17) is 20.8 Å².